The number of imidazole rings is 1. The number of hydrogen-bond donors (Lipinski definition) is 0. The zero-order valence-electron chi connectivity index (χ0n) is 12.3. The summed E-state index contributed by atoms with van der Waals surface area (Å²) in [5.74, 6) is 0.391. The third kappa shape index (κ3) is 2.68. The zero-order valence-corrected chi connectivity index (χ0v) is 12.3. The average molecular weight is 294 g/mol. The summed E-state index contributed by atoms with van der Waals surface area (Å²) >= 11 is 0. The highest BCUT2D eigenvalue weighted by Gasteiger charge is 2.14. The first-order chi connectivity index (χ1) is 10.7. The van der Waals surface area contributed by atoms with Crippen molar-refractivity contribution in [2.24, 2.45) is 0 Å². The van der Waals surface area contributed by atoms with Crippen LogP contribution in [0, 0.1) is 24.1 Å². The molecule has 0 unspecified atom stereocenters. The SMILES string of the molecule is Cc1cnc2c(c1)nc(-c1cccc(F)c1)n2CCCC#N. The highest BCUT2D eigenvalue weighted by atomic mass is 19.1. The van der Waals surface area contributed by atoms with Gasteiger partial charge in [0.15, 0.2) is 5.65 Å². The molecule has 0 fully saturated rings. The number of fused-ring (bicyclic) bond motifs is 1. The number of rotatable bonds is 4. The van der Waals surface area contributed by atoms with Crippen molar-refractivity contribution >= 4 is 11.2 Å². The van der Waals surface area contributed by atoms with Crippen LogP contribution in [0.5, 0.6) is 0 Å². The number of aromatic nitrogens is 3. The van der Waals surface area contributed by atoms with E-state index >= 15 is 0 Å². The van der Waals surface area contributed by atoms with Crippen molar-refractivity contribution in [2.45, 2.75) is 26.3 Å². The minimum atomic E-state index is -0.294. The Labute approximate surface area is 127 Å². The Morgan fingerprint density at radius 1 is 1.32 bits per heavy atom. The summed E-state index contributed by atoms with van der Waals surface area (Å²) in [4.78, 5) is 9.07. The lowest BCUT2D eigenvalue weighted by molar-refractivity contribution is 0.627. The van der Waals surface area contributed by atoms with Crippen LogP contribution in [0.1, 0.15) is 18.4 Å². The number of nitrogens with zero attached hydrogens (tertiary/aromatic N) is 4. The van der Waals surface area contributed by atoms with E-state index in [1.807, 2.05) is 23.6 Å². The fraction of sp³-hybridized carbons (Fsp3) is 0.235. The molecule has 1 aromatic carbocycles. The van der Waals surface area contributed by atoms with Crippen LogP contribution in [-0.4, -0.2) is 14.5 Å². The fourth-order valence-corrected chi connectivity index (χ4v) is 2.49. The fourth-order valence-electron chi connectivity index (χ4n) is 2.49. The molecule has 0 bridgehead atoms. The Hall–Kier alpha value is -2.74. The van der Waals surface area contributed by atoms with Gasteiger partial charge in [-0.25, -0.2) is 14.4 Å². The predicted molar refractivity (Wildman–Crippen MR) is 82.5 cm³/mol. The molecule has 4 nitrogen and oxygen atoms in total. The Kier molecular flexibility index (Phi) is 3.84. The molecule has 0 radical (unpaired) electrons. The van der Waals surface area contributed by atoms with Crippen LogP contribution in [0.4, 0.5) is 4.39 Å². The molecular weight excluding hydrogens is 279 g/mol. The first-order valence-corrected chi connectivity index (χ1v) is 7.15. The molecule has 0 aliphatic heterocycles. The Bertz CT molecular complexity index is 861. The van der Waals surface area contributed by atoms with Crippen molar-refractivity contribution < 1.29 is 4.39 Å². The molecule has 2 heterocycles. The minimum Gasteiger partial charge on any atom is -0.309 e. The lowest BCUT2D eigenvalue weighted by atomic mass is 10.2. The van der Waals surface area contributed by atoms with Crippen molar-refractivity contribution in [3.63, 3.8) is 0 Å². The minimum absolute atomic E-state index is 0.294. The van der Waals surface area contributed by atoms with Crippen molar-refractivity contribution in [3.05, 3.63) is 47.9 Å². The van der Waals surface area contributed by atoms with Crippen LogP contribution < -0.4 is 0 Å². The van der Waals surface area contributed by atoms with Crippen LogP contribution in [0.15, 0.2) is 36.5 Å². The first-order valence-electron chi connectivity index (χ1n) is 7.15. The lowest BCUT2D eigenvalue weighted by Gasteiger charge is -2.07. The zero-order chi connectivity index (χ0) is 15.5. The van der Waals surface area contributed by atoms with Gasteiger partial charge in [-0.15, -0.1) is 0 Å². The van der Waals surface area contributed by atoms with Crippen LogP contribution in [0.25, 0.3) is 22.6 Å². The van der Waals surface area contributed by atoms with E-state index in [4.69, 9.17) is 5.26 Å². The molecule has 110 valence electrons. The summed E-state index contributed by atoms with van der Waals surface area (Å²) in [7, 11) is 0. The lowest BCUT2D eigenvalue weighted by Crippen LogP contribution is -2.02. The summed E-state index contributed by atoms with van der Waals surface area (Å²) in [6.45, 7) is 2.59. The summed E-state index contributed by atoms with van der Waals surface area (Å²) in [6.07, 6.45) is 2.97. The average Bonchev–Trinajstić information content (AvgIpc) is 2.85. The van der Waals surface area contributed by atoms with E-state index in [2.05, 4.69) is 16.0 Å². The highest BCUT2D eigenvalue weighted by molar-refractivity contribution is 5.77. The molecule has 0 aliphatic rings. The van der Waals surface area contributed by atoms with Crippen molar-refractivity contribution in [1.82, 2.24) is 14.5 Å². The summed E-state index contributed by atoms with van der Waals surface area (Å²) in [5, 5.41) is 8.73. The number of unbranched alkanes of at least 4 members (excludes halogenated alkanes) is 1. The van der Waals surface area contributed by atoms with Gasteiger partial charge in [0.25, 0.3) is 0 Å². The normalized spacial score (nSPS) is 10.8. The number of hydrogen-bond acceptors (Lipinski definition) is 3. The second kappa shape index (κ2) is 5.94. The number of pyridine rings is 1. The van der Waals surface area contributed by atoms with Crippen LogP contribution in [-0.2, 0) is 6.54 Å². The van der Waals surface area contributed by atoms with Gasteiger partial charge < -0.3 is 4.57 Å². The Morgan fingerprint density at radius 3 is 2.95 bits per heavy atom. The Morgan fingerprint density at radius 2 is 2.18 bits per heavy atom. The van der Waals surface area contributed by atoms with Gasteiger partial charge in [0.05, 0.1) is 6.07 Å². The maximum Gasteiger partial charge on any atom is 0.160 e. The monoisotopic (exact) mass is 294 g/mol. The molecule has 2 aromatic heterocycles. The standard InChI is InChI=1S/C17H15FN4/c1-12-9-15-17(20-11-12)22(8-3-2-7-19)16(21-15)13-5-4-6-14(18)10-13/h4-6,9-11H,2-3,8H2,1H3. The topological polar surface area (TPSA) is 54.5 Å². The van der Waals surface area contributed by atoms with Gasteiger partial charge in [0, 0.05) is 24.7 Å². The molecule has 0 spiro atoms. The molecule has 0 N–H and O–H groups in total. The van der Waals surface area contributed by atoms with Gasteiger partial charge in [-0.1, -0.05) is 12.1 Å². The van der Waals surface area contributed by atoms with Gasteiger partial charge >= 0.3 is 0 Å². The molecule has 0 saturated carbocycles. The second-order valence-electron chi connectivity index (χ2n) is 5.21. The number of benzene rings is 1. The van der Waals surface area contributed by atoms with E-state index in [9.17, 15) is 4.39 Å². The molecule has 22 heavy (non-hydrogen) atoms. The van der Waals surface area contributed by atoms with Crippen molar-refractivity contribution in [2.75, 3.05) is 0 Å². The van der Waals surface area contributed by atoms with Gasteiger partial charge in [-0.3, -0.25) is 0 Å². The van der Waals surface area contributed by atoms with Crippen molar-refractivity contribution in [1.29, 1.82) is 5.26 Å². The van der Waals surface area contributed by atoms with Gasteiger partial charge in [-0.05, 0) is 37.1 Å². The highest BCUT2D eigenvalue weighted by Crippen LogP contribution is 2.25. The van der Waals surface area contributed by atoms with E-state index in [0.717, 1.165) is 16.7 Å². The Balaban J connectivity index is 2.15. The number of nitriles is 1. The largest absolute Gasteiger partial charge is 0.309 e. The second-order valence-corrected chi connectivity index (χ2v) is 5.21. The number of aryl methyl sites for hydroxylation is 2. The maximum absolute atomic E-state index is 13.5. The molecule has 0 amide bonds. The van der Waals surface area contributed by atoms with Crippen LogP contribution >= 0.6 is 0 Å². The molecule has 3 aromatic rings. The smallest absolute Gasteiger partial charge is 0.160 e. The summed E-state index contributed by atoms with van der Waals surface area (Å²) in [5.41, 5.74) is 3.30. The molecule has 0 aliphatic carbocycles. The molecule has 0 atom stereocenters. The quantitative estimate of drug-likeness (QED) is 0.687. The molecule has 0 saturated heterocycles. The predicted octanol–water partition coefficient (Wildman–Crippen LogP) is 3.85. The van der Waals surface area contributed by atoms with E-state index in [1.54, 1.807) is 12.3 Å². The van der Waals surface area contributed by atoms with E-state index in [0.29, 0.717) is 30.8 Å². The van der Waals surface area contributed by atoms with Gasteiger partial charge in [0.2, 0.25) is 0 Å². The first kappa shape index (κ1) is 14.2. The van der Waals surface area contributed by atoms with Crippen LogP contribution in [0.2, 0.25) is 0 Å². The molecule has 3 rings (SSSR count). The van der Waals surface area contributed by atoms with Gasteiger partial charge in [0.1, 0.15) is 17.2 Å². The van der Waals surface area contributed by atoms with Gasteiger partial charge in [-0.2, -0.15) is 5.26 Å². The van der Waals surface area contributed by atoms with Crippen molar-refractivity contribution in [3.8, 4) is 17.5 Å². The maximum atomic E-state index is 13.5. The summed E-state index contributed by atoms with van der Waals surface area (Å²) < 4.78 is 15.5. The molecule has 5 heteroatoms. The summed E-state index contributed by atoms with van der Waals surface area (Å²) in [6, 6.07) is 10.5. The van der Waals surface area contributed by atoms with E-state index < -0.39 is 0 Å². The third-order valence-corrected chi connectivity index (χ3v) is 3.47. The van der Waals surface area contributed by atoms with Crippen LogP contribution in [0.3, 0.4) is 0 Å². The van der Waals surface area contributed by atoms with E-state index in [1.165, 1.54) is 12.1 Å². The third-order valence-electron chi connectivity index (χ3n) is 3.47. The number of halogens is 1. The van der Waals surface area contributed by atoms with E-state index in [-0.39, 0.29) is 5.82 Å². The molecular formula is C17H15FN4.